The van der Waals surface area contributed by atoms with E-state index in [0.29, 0.717) is 28.0 Å². The molecule has 5 nitrogen and oxygen atoms in total. The average molecular weight is 382 g/mol. The Hall–Kier alpha value is -2.24. The summed E-state index contributed by atoms with van der Waals surface area (Å²) in [5.41, 5.74) is 1.06. The number of carbonyl (C=O) groups is 2. The molecule has 0 saturated heterocycles. The summed E-state index contributed by atoms with van der Waals surface area (Å²) < 4.78 is 10.3. The lowest BCUT2D eigenvalue weighted by Crippen LogP contribution is -2.28. The number of ether oxygens (including phenoxy) is 2. The Bertz CT molecular complexity index is 747. The van der Waals surface area contributed by atoms with Gasteiger partial charge in [-0.3, -0.25) is 4.79 Å². The molecule has 0 aliphatic rings. The van der Waals surface area contributed by atoms with Crippen LogP contribution in [0, 0.1) is 0 Å². The maximum atomic E-state index is 11.9. The Kier molecular flexibility index (Phi) is 7.10. The summed E-state index contributed by atoms with van der Waals surface area (Å²) in [7, 11) is 0. The highest BCUT2D eigenvalue weighted by molar-refractivity contribution is 6.35. The predicted octanol–water partition coefficient (Wildman–Crippen LogP) is 3.87. The molecule has 7 heteroatoms. The Morgan fingerprint density at radius 2 is 1.80 bits per heavy atom. The van der Waals surface area contributed by atoms with Gasteiger partial charge < -0.3 is 14.8 Å². The van der Waals surface area contributed by atoms with Crippen LogP contribution in [0.25, 0.3) is 0 Å². The minimum absolute atomic E-state index is 0.218. The molecule has 0 saturated carbocycles. The molecule has 2 rings (SSSR count). The van der Waals surface area contributed by atoms with E-state index in [-0.39, 0.29) is 13.2 Å². The lowest BCUT2D eigenvalue weighted by molar-refractivity contribution is -0.124. The van der Waals surface area contributed by atoms with E-state index in [0.717, 1.165) is 5.56 Å². The van der Waals surface area contributed by atoms with E-state index in [1.165, 1.54) is 0 Å². The third kappa shape index (κ3) is 5.96. The Balaban J connectivity index is 1.79. The highest BCUT2D eigenvalue weighted by atomic mass is 35.5. The fourth-order valence-electron chi connectivity index (χ4n) is 1.98. The maximum absolute atomic E-state index is 11.9. The normalized spacial score (nSPS) is 10.2. The number of benzene rings is 2. The molecule has 2 aromatic rings. The van der Waals surface area contributed by atoms with Crippen LogP contribution in [-0.4, -0.2) is 25.1 Å². The van der Waals surface area contributed by atoms with E-state index in [4.69, 9.17) is 32.7 Å². The monoisotopic (exact) mass is 381 g/mol. The van der Waals surface area contributed by atoms with Crippen molar-refractivity contribution in [1.29, 1.82) is 0 Å². The number of halogens is 2. The van der Waals surface area contributed by atoms with Gasteiger partial charge in [-0.25, -0.2) is 4.79 Å². The highest BCUT2D eigenvalue weighted by Gasteiger charge is 2.11. The first-order valence-corrected chi connectivity index (χ1v) is 8.35. The van der Waals surface area contributed by atoms with Crippen molar-refractivity contribution in [2.75, 3.05) is 13.2 Å². The van der Waals surface area contributed by atoms with Crippen molar-refractivity contribution in [1.82, 2.24) is 5.32 Å². The van der Waals surface area contributed by atoms with Gasteiger partial charge in [0, 0.05) is 16.6 Å². The summed E-state index contributed by atoms with van der Waals surface area (Å²) in [6.45, 7) is 2.26. The highest BCUT2D eigenvalue weighted by Crippen LogP contribution is 2.20. The summed E-state index contributed by atoms with van der Waals surface area (Å²) in [6, 6.07) is 11.5. The van der Waals surface area contributed by atoms with Crippen molar-refractivity contribution in [3.05, 3.63) is 63.6 Å². The molecule has 0 bridgehead atoms. The fourth-order valence-corrected chi connectivity index (χ4v) is 2.45. The Morgan fingerprint density at radius 3 is 2.44 bits per heavy atom. The molecule has 0 radical (unpaired) electrons. The molecule has 0 fully saturated rings. The number of rotatable bonds is 7. The number of nitrogens with one attached hydrogen (secondary N) is 1. The quantitative estimate of drug-likeness (QED) is 0.739. The van der Waals surface area contributed by atoms with Crippen LogP contribution in [0.4, 0.5) is 0 Å². The summed E-state index contributed by atoms with van der Waals surface area (Å²) in [4.78, 5) is 23.7. The van der Waals surface area contributed by atoms with Crippen LogP contribution in [0.5, 0.6) is 5.75 Å². The largest absolute Gasteiger partial charge is 0.494 e. The van der Waals surface area contributed by atoms with E-state index >= 15 is 0 Å². The second-order valence-electron chi connectivity index (χ2n) is 5.05. The van der Waals surface area contributed by atoms with Gasteiger partial charge in [0.2, 0.25) is 0 Å². The zero-order chi connectivity index (χ0) is 18.2. The number of hydrogen-bond acceptors (Lipinski definition) is 4. The van der Waals surface area contributed by atoms with Crippen molar-refractivity contribution in [2.24, 2.45) is 0 Å². The first-order chi connectivity index (χ1) is 12.0. The van der Waals surface area contributed by atoms with E-state index in [2.05, 4.69) is 5.32 Å². The first-order valence-electron chi connectivity index (χ1n) is 7.60. The van der Waals surface area contributed by atoms with Crippen LogP contribution in [0.3, 0.4) is 0 Å². The van der Waals surface area contributed by atoms with Gasteiger partial charge in [0.1, 0.15) is 5.75 Å². The van der Waals surface area contributed by atoms with Gasteiger partial charge in [-0.05, 0) is 48.9 Å². The van der Waals surface area contributed by atoms with E-state index in [1.807, 2.05) is 6.92 Å². The Morgan fingerprint density at radius 1 is 1.08 bits per heavy atom. The molecule has 1 amide bonds. The SMILES string of the molecule is CCOc1ccc(C(=O)OCC(=O)NCc2ccc(Cl)cc2Cl)cc1. The lowest BCUT2D eigenvalue weighted by atomic mass is 10.2. The summed E-state index contributed by atoms with van der Waals surface area (Å²) in [5.74, 6) is -0.343. The molecule has 0 spiro atoms. The van der Waals surface area contributed by atoms with Crippen LogP contribution in [0.1, 0.15) is 22.8 Å². The van der Waals surface area contributed by atoms with E-state index in [1.54, 1.807) is 42.5 Å². The van der Waals surface area contributed by atoms with Crippen LogP contribution in [0.15, 0.2) is 42.5 Å². The molecule has 0 aliphatic carbocycles. The van der Waals surface area contributed by atoms with Crippen molar-refractivity contribution in [3.8, 4) is 5.75 Å². The number of esters is 1. The van der Waals surface area contributed by atoms with Gasteiger partial charge in [0.05, 0.1) is 12.2 Å². The summed E-state index contributed by atoms with van der Waals surface area (Å²) in [5, 5.41) is 3.60. The molecule has 132 valence electrons. The second-order valence-corrected chi connectivity index (χ2v) is 5.89. The maximum Gasteiger partial charge on any atom is 0.338 e. The zero-order valence-corrected chi connectivity index (χ0v) is 15.1. The number of hydrogen-bond donors (Lipinski definition) is 1. The number of carbonyl (C=O) groups excluding carboxylic acids is 2. The summed E-state index contributed by atoms with van der Waals surface area (Å²) >= 11 is 11.8. The molecule has 0 aliphatic heterocycles. The van der Waals surface area contributed by atoms with E-state index < -0.39 is 11.9 Å². The third-order valence-electron chi connectivity index (χ3n) is 3.23. The zero-order valence-electron chi connectivity index (χ0n) is 13.6. The molecule has 2 aromatic carbocycles. The topological polar surface area (TPSA) is 64.6 Å². The number of amides is 1. The van der Waals surface area contributed by atoms with Gasteiger partial charge in [-0.1, -0.05) is 29.3 Å². The van der Waals surface area contributed by atoms with Gasteiger partial charge in [-0.2, -0.15) is 0 Å². The van der Waals surface area contributed by atoms with Crippen LogP contribution in [-0.2, 0) is 16.1 Å². The standard InChI is InChI=1S/C18H17Cl2NO4/c1-2-24-15-7-4-12(5-8-15)18(23)25-11-17(22)21-10-13-3-6-14(19)9-16(13)20/h3-9H,2,10-11H2,1H3,(H,21,22). The second kappa shape index (κ2) is 9.30. The van der Waals surface area contributed by atoms with Crippen LogP contribution < -0.4 is 10.1 Å². The minimum atomic E-state index is -0.581. The molecule has 1 N–H and O–H groups in total. The van der Waals surface area contributed by atoms with E-state index in [9.17, 15) is 9.59 Å². The van der Waals surface area contributed by atoms with Gasteiger partial charge in [0.15, 0.2) is 6.61 Å². The third-order valence-corrected chi connectivity index (χ3v) is 3.81. The molecule has 0 heterocycles. The minimum Gasteiger partial charge on any atom is -0.494 e. The van der Waals surface area contributed by atoms with Crippen molar-refractivity contribution < 1.29 is 19.1 Å². The smallest absolute Gasteiger partial charge is 0.338 e. The van der Waals surface area contributed by atoms with Crippen molar-refractivity contribution >= 4 is 35.1 Å². The predicted molar refractivity (Wildman–Crippen MR) is 96.2 cm³/mol. The molecular weight excluding hydrogens is 365 g/mol. The van der Waals surface area contributed by atoms with Gasteiger partial charge in [0.25, 0.3) is 5.91 Å². The van der Waals surface area contributed by atoms with Crippen LogP contribution >= 0.6 is 23.2 Å². The van der Waals surface area contributed by atoms with Gasteiger partial charge in [-0.15, -0.1) is 0 Å². The van der Waals surface area contributed by atoms with Gasteiger partial charge >= 0.3 is 5.97 Å². The molecule has 0 atom stereocenters. The molecular formula is C18H17Cl2NO4. The fraction of sp³-hybridized carbons (Fsp3) is 0.222. The Labute approximate surface area is 155 Å². The van der Waals surface area contributed by atoms with Crippen molar-refractivity contribution in [2.45, 2.75) is 13.5 Å². The van der Waals surface area contributed by atoms with Crippen molar-refractivity contribution in [3.63, 3.8) is 0 Å². The molecule has 25 heavy (non-hydrogen) atoms. The average Bonchev–Trinajstić information content (AvgIpc) is 2.60. The molecule has 0 aromatic heterocycles. The lowest BCUT2D eigenvalue weighted by Gasteiger charge is -2.08. The molecule has 0 unspecified atom stereocenters. The van der Waals surface area contributed by atoms with Crippen LogP contribution in [0.2, 0.25) is 10.0 Å². The summed E-state index contributed by atoms with van der Waals surface area (Å²) in [6.07, 6.45) is 0. The first kappa shape index (κ1) is 19.1.